The third kappa shape index (κ3) is 3.81. The number of hydrogen-bond donors (Lipinski definition) is 1. The number of carbonyl (C=O) groups is 1. The van der Waals surface area contributed by atoms with E-state index in [-0.39, 0.29) is 12.4 Å². The normalized spacial score (nSPS) is 10.3. The van der Waals surface area contributed by atoms with Gasteiger partial charge in [0.1, 0.15) is 6.61 Å². The molecule has 0 aliphatic rings. The van der Waals surface area contributed by atoms with E-state index in [2.05, 4.69) is 0 Å². The lowest BCUT2D eigenvalue weighted by Crippen LogP contribution is -2.14. The number of ether oxygens (including phenoxy) is 1. The molecule has 0 saturated heterocycles. The summed E-state index contributed by atoms with van der Waals surface area (Å²) in [6.45, 7) is 4.94. The fourth-order valence-electron chi connectivity index (χ4n) is 1.47. The molecular formula is C12H17NO2. The van der Waals surface area contributed by atoms with Crippen LogP contribution < -0.4 is 5.73 Å². The molecule has 0 saturated carbocycles. The molecule has 0 aliphatic carbocycles. The predicted molar refractivity (Wildman–Crippen MR) is 60.1 cm³/mol. The van der Waals surface area contributed by atoms with Crippen molar-refractivity contribution in [1.82, 2.24) is 0 Å². The highest BCUT2D eigenvalue weighted by molar-refractivity contribution is 5.97. The molecule has 1 aromatic carbocycles. The molecule has 0 aromatic heterocycles. The SMILES string of the molecule is Cc1cc(C)cc(C(=O)COCCN)c1. The first-order valence-electron chi connectivity index (χ1n) is 5.03. The first-order valence-corrected chi connectivity index (χ1v) is 5.03. The summed E-state index contributed by atoms with van der Waals surface area (Å²) in [6.07, 6.45) is 0. The van der Waals surface area contributed by atoms with Crippen LogP contribution in [0.1, 0.15) is 21.5 Å². The van der Waals surface area contributed by atoms with Gasteiger partial charge < -0.3 is 10.5 Å². The van der Waals surface area contributed by atoms with Crippen molar-refractivity contribution < 1.29 is 9.53 Å². The molecule has 0 atom stereocenters. The van der Waals surface area contributed by atoms with Crippen LogP contribution in [0.4, 0.5) is 0 Å². The predicted octanol–water partition coefficient (Wildman–Crippen LogP) is 1.46. The Hall–Kier alpha value is -1.19. The van der Waals surface area contributed by atoms with Crippen molar-refractivity contribution in [2.45, 2.75) is 13.8 Å². The second-order valence-corrected chi connectivity index (χ2v) is 3.64. The summed E-state index contributed by atoms with van der Waals surface area (Å²) >= 11 is 0. The summed E-state index contributed by atoms with van der Waals surface area (Å²) in [6, 6.07) is 5.79. The van der Waals surface area contributed by atoms with Gasteiger partial charge in [-0.15, -0.1) is 0 Å². The van der Waals surface area contributed by atoms with Gasteiger partial charge in [-0.2, -0.15) is 0 Å². The zero-order valence-electron chi connectivity index (χ0n) is 9.25. The summed E-state index contributed by atoms with van der Waals surface area (Å²) in [5, 5.41) is 0. The van der Waals surface area contributed by atoms with E-state index < -0.39 is 0 Å². The molecule has 0 aliphatic heterocycles. The van der Waals surface area contributed by atoms with E-state index in [0.29, 0.717) is 18.7 Å². The maximum Gasteiger partial charge on any atom is 0.188 e. The van der Waals surface area contributed by atoms with E-state index in [4.69, 9.17) is 10.5 Å². The monoisotopic (exact) mass is 207 g/mol. The van der Waals surface area contributed by atoms with Gasteiger partial charge >= 0.3 is 0 Å². The van der Waals surface area contributed by atoms with Gasteiger partial charge in [-0.1, -0.05) is 17.2 Å². The van der Waals surface area contributed by atoms with Crippen molar-refractivity contribution in [2.24, 2.45) is 5.73 Å². The van der Waals surface area contributed by atoms with Crippen LogP contribution in [0.15, 0.2) is 18.2 Å². The summed E-state index contributed by atoms with van der Waals surface area (Å²) in [4.78, 5) is 11.7. The average molecular weight is 207 g/mol. The van der Waals surface area contributed by atoms with Crippen molar-refractivity contribution in [2.75, 3.05) is 19.8 Å². The Kier molecular flexibility index (Phi) is 4.46. The van der Waals surface area contributed by atoms with Gasteiger partial charge in [-0.3, -0.25) is 4.79 Å². The van der Waals surface area contributed by atoms with Crippen LogP contribution in [0.5, 0.6) is 0 Å². The van der Waals surface area contributed by atoms with Crippen LogP contribution >= 0.6 is 0 Å². The Balaban J connectivity index is 2.65. The largest absolute Gasteiger partial charge is 0.372 e. The van der Waals surface area contributed by atoms with Gasteiger partial charge in [-0.05, 0) is 26.0 Å². The van der Waals surface area contributed by atoms with Gasteiger partial charge in [0.25, 0.3) is 0 Å². The summed E-state index contributed by atoms with van der Waals surface area (Å²) in [5.41, 5.74) is 8.17. The minimum atomic E-state index is 0.00949. The lowest BCUT2D eigenvalue weighted by Gasteiger charge is -2.04. The summed E-state index contributed by atoms with van der Waals surface area (Å²) in [7, 11) is 0. The smallest absolute Gasteiger partial charge is 0.188 e. The van der Waals surface area contributed by atoms with E-state index in [0.717, 1.165) is 11.1 Å². The number of rotatable bonds is 5. The summed E-state index contributed by atoms with van der Waals surface area (Å²) in [5.74, 6) is 0.00949. The molecule has 0 heterocycles. The van der Waals surface area contributed by atoms with Gasteiger partial charge in [0.05, 0.1) is 6.61 Å². The number of benzene rings is 1. The molecule has 0 fully saturated rings. The number of nitrogens with two attached hydrogens (primary N) is 1. The fourth-order valence-corrected chi connectivity index (χ4v) is 1.47. The topological polar surface area (TPSA) is 52.3 Å². The van der Waals surface area contributed by atoms with Crippen LogP contribution in [0.3, 0.4) is 0 Å². The van der Waals surface area contributed by atoms with E-state index in [1.54, 1.807) is 0 Å². The molecule has 1 rings (SSSR count). The molecule has 15 heavy (non-hydrogen) atoms. The zero-order valence-corrected chi connectivity index (χ0v) is 9.25. The van der Waals surface area contributed by atoms with Crippen LogP contribution in [0.25, 0.3) is 0 Å². The lowest BCUT2D eigenvalue weighted by atomic mass is 10.0. The maximum absolute atomic E-state index is 11.7. The van der Waals surface area contributed by atoms with Crippen molar-refractivity contribution in [3.8, 4) is 0 Å². The quantitative estimate of drug-likeness (QED) is 0.587. The molecule has 0 amide bonds. The molecule has 3 nitrogen and oxygen atoms in total. The number of aryl methyl sites for hydroxylation is 2. The first kappa shape index (κ1) is 11.9. The Morgan fingerprint density at radius 3 is 2.40 bits per heavy atom. The van der Waals surface area contributed by atoms with Crippen molar-refractivity contribution in [3.05, 3.63) is 34.9 Å². The summed E-state index contributed by atoms with van der Waals surface area (Å²) < 4.78 is 5.10. The second-order valence-electron chi connectivity index (χ2n) is 3.64. The zero-order chi connectivity index (χ0) is 11.3. The van der Waals surface area contributed by atoms with Crippen molar-refractivity contribution >= 4 is 5.78 Å². The fraction of sp³-hybridized carbons (Fsp3) is 0.417. The van der Waals surface area contributed by atoms with Crippen molar-refractivity contribution in [3.63, 3.8) is 0 Å². The third-order valence-electron chi connectivity index (χ3n) is 2.04. The highest BCUT2D eigenvalue weighted by Crippen LogP contribution is 2.09. The Bertz CT molecular complexity index is 327. The maximum atomic E-state index is 11.7. The Labute approximate surface area is 90.2 Å². The second kappa shape index (κ2) is 5.63. The van der Waals surface area contributed by atoms with E-state index >= 15 is 0 Å². The number of Topliss-reactive ketones (excluding diaryl/α,β-unsaturated/α-hetero) is 1. The standard InChI is InChI=1S/C12H17NO2/c1-9-5-10(2)7-11(6-9)12(14)8-15-4-3-13/h5-7H,3-4,8,13H2,1-2H3. The van der Waals surface area contributed by atoms with E-state index in [1.165, 1.54) is 0 Å². The van der Waals surface area contributed by atoms with E-state index in [1.807, 2.05) is 32.0 Å². The van der Waals surface area contributed by atoms with Gasteiger partial charge in [0, 0.05) is 12.1 Å². The van der Waals surface area contributed by atoms with Crippen molar-refractivity contribution in [1.29, 1.82) is 0 Å². The molecule has 0 radical (unpaired) electrons. The molecular weight excluding hydrogens is 190 g/mol. The van der Waals surface area contributed by atoms with Crippen LogP contribution in [0, 0.1) is 13.8 Å². The van der Waals surface area contributed by atoms with E-state index in [9.17, 15) is 4.79 Å². The molecule has 3 heteroatoms. The molecule has 1 aromatic rings. The van der Waals surface area contributed by atoms with Gasteiger partial charge in [0.15, 0.2) is 5.78 Å². The first-order chi connectivity index (χ1) is 7.13. The highest BCUT2D eigenvalue weighted by Gasteiger charge is 2.06. The van der Waals surface area contributed by atoms with Gasteiger partial charge in [-0.25, -0.2) is 0 Å². The number of ketones is 1. The molecule has 2 N–H and O–H groups in total. The average Bonchev–Trinajstić information content (AvgIpc) is 2.16. The molecule has 0 spiro atoms. The number of hydrogen-bond acceptors (Lipinski definition) is 3. The molecule has 82 valence electrons. The Morgan fingerprint density at radius 1 is 1.27 bits per heavy atom. The third-order valence-corrected chi connectivity index (χ3v) is 2.04. The molecule has 0 unspecified atom stereocenters. The van der Waals surface area contributed by atoms with Crippen LogP contribution in [-0.4, -0.2) is 25.5 Å². The number of carbonyl (C=O) groups excluding carboxylic acids is 1. The Morgan fingerprint density at radius 2 is 1.87 bits per heavy atom. The highest BCUT2D eigenvalue weighted by atomic mass is 16.5. The molecule has 0 bridgehead atoms. The van der Waals surface area contributed by atoms with Crippen LogP contribution in [-0.2, 0) is 4.74 Å². The van der Waals surface area contributed by atoms with Crippen LogP contribution in [0.2, 0.25) is 0 Å². The minimum Gasteiger partial charge on any atom is -0.372 e. The lowest BCUT2D eigenvalue weighted by molar-refractivity contribution is 0.0774. The minimum absolute atomic E-state index is 0.00949. The van der Waals surface area contributed by atoms with Gasteiger partial charge in [0.2, 0.25) is 0 Å².